The van der Waals surface area contributed by atoms with Crippen molar-refractivity contribution in [2.75, 3.05) is 0 Å². The van der Waals surface area contributed by atoms with Crippen molar-refractivity contribution >= 4 is 5.57 Å². The molecule has 0 saturated heterocycles. The van der Waals surface area contributed by atoms with Gasteiger partial charge in [0.05, 0.1) is 0 Å². The number of allylic oxidation sites excluding steroid dienone is 1. The maximum atomic E-state index is 4.05. The molecular formula is C10H13N. The summed E-state index contributed by atoms with van der Waals surface area (Å²) in [6, 6.07) is 2.05. The van der Waals surface area contributed by atoms with Crippen LogP contribution in [0.2, 0.25) is 0 Å². The highest BCUT2D eigenvalue weighted by Crippen LogP contribution is 2.15. The van der Waals surface area contributed by atoms with Gasteiger partial charge in [-0.25, -0.2) is 0 Å². The minimum Gasteiger partial charge on any atom is -0.264 e. The smallest absolute Gasteiger partial charge is 0.0345 e. The predicted octanol–water partition coefficient (Wildman–Crippen LogP) is 2.68. The topological polar surface area (TPSA) is 12.9 Å². The van der Waals surface area contributed by atoms with E-state index in [0.717, 1.165) is 12.0 Å². The zero-order valence-corrected chi connectivity index (χ0v) is 7.09. The van der Waals surface area contributed by atoms with Gasteiger partial charge in [-0.15, -0.1) is 0 Å². The molecule has 58 valence electrons. The summed E-state index contributed by atoms with van der Waals surface area (Å²) >= 11 is 0. The fourth-order valence-electron chi connectivity index (χ4n) is 1.12. The monoisotopic (exact) mass is 147 g/mol. The Kier molecular flexibility index (Phi) is 2.42. The Labute approximate surface area is 67.8 Å². The molecule has 0 aromatic carbocycles. The lowest BCUT2D eigenvalue weighted by Gasteiger charge is -2.04. The molecule has 0 saturated carbocycles. The van der Waals surface area contributed by atoms with Crippen LogP contribution in [0.3, 0.4) is 0 Å². The number of aromatic nitrogens is 1. The van der Waals surface area contributed by atoms with Crippen LogP contribution in [0, 0.1) is 0 Å². The molecule has 0 N–H and O–H groups in total. The van der Waals surface area contributed by atoms with Gasteiger partial charge in [0.15, 0.2) is 0 Å². The average molecular weight is 147 g/mol. The number of rotatable bonds is 2. The minimum atomic E-state index is 1.05. The summed E-state index contributed by atoms with van der Waals surface area (Å²) in [4.78, 5) is 4.05. The molecule has 0 radical (unpaired) electrons. The number of hydrogen-bond donors (Lipinski definition) is 0. The molecule has 1 aromatic rings. The average Bonchev–Trinajstić information content (AvgIpc) is 2.04. The molecule has 1 heterocycles. The first kappa shape index (κ1) is 7.99. The van der Waals surface area contributed by atoms with Crippen LogP contribution in [0.4, 0.5) is 0 Å². The Morgan fingerprint density at radius 3 is 2.82 bits per heavy atom. The lowest BCUT2D eigenvalue weighted by molar-refractivity contribution is 1.10. The van der Waals surface area contributed by atoms with Crippen molar-refractivity contribution in [1.29, 1.82) is 0 Å². The third kappa shape index (κ3) is 1.67. The minimum absolute atomic E-state index is 1.05. The van der Waals surface area contributed by atoms with Crippen LogP contribution in [0.25, 0.3) is 5.57 Å². The van der Waals surface area contributed by atoms with E-state index in [4.69, 9.17) is 0 Å². The molecule has 1 nitrogen and oxygen atoms in total. The maximum Gasteiger partial charge on any atom is 0.0345 e. The van der Waals surface area contributed by atoms with Gasteiger partial charge in [-0.1, -0.05) is 13.5 Å². The fraction of sp³-hybridized carbons (Fsp3) is 0.300. The van der Waals surface area contributed by atoms with E-state index in [0.29, 0.717) is 0 Å². The van der Waals surface area contributed by atoms with Crippen LogP contribution in [-0.4, -0.2) is 4.98 Å². The third-order valence-corrected chi connectivity index (χ3v) is 1.75. The van der Waals surface area contributed by atoms with Crippen molar-refractivity contribution in [2.24, 2.45) is 0 Å². The summed E-state index contributed by atoms with van der Waals surface area (Å²) in [6.07, 6.45) is 4.75. The first-order valence-corrected chi connectivity index (χ1v) is 3.84. The Hall–Kier alpha value is -1.11. The van der Waals surface area contributed by atoms with Crippen LogP contribution < -0.4 is 0 Å². The highest BCUT2D eigenvalue weighted by atomic mass is 14.6. The summed E-state index contributed by atoms with van der Waals surface area (Å²) in [5, 5.41) is 0. The van der Waals surface area contributed by atoms with Crippen molar-refractivity contribution < 1.29 is 0 Å². The number of nitrogens with zero attached hydrogens (tertiary/aromatic N) is 1. The quantitative estimate of drug-likeness (QED) is 0.626. The summed E-state index contributed by atoms with van der Waals surface area (Å²) in [5.41, 5.74) is 3.61. The zero-order valence-electron chi connectivity index (χ0n) is 7.09. The van der Waals surface area contributed by atoms with Gasteiger partial charge in [0.2, 0.25) is 0 Å². The van der Waals surface area contributed by atoms with Gasteiger partial charge in [0.25, 0.3) is 0 Å². The Morgan fingerprint density at radius 1 is 1.64 bits per heavy atom. The molecule has 0 aliphatic heterocycles. The van der Waals surface area contributed by atoms with Gasteiger partial charge in [-0.05, 0) is 36.1 Å². The lowest BCUT2D eigenvalue weighted by Crippen LogP contribution is -1.89. The summed E-state index contributed by atoms with van der Waals surface area (Å²) in [6.45, 7) is 8.04. The van der Waals surface area contributed by atoms with Crippen molar-refractivity contribution in [3.63, 3.8) is 0 Å². The normalized spacial score (nSPS) is 9.64. The molecule has 1 rings (SSSR count). The van der Waals surface area contributed by atoms with Gasteiger partial charge in [0, 0.05) is 12.4 Å². The Bertz CT molecular complexity index is 263. The molecule has 0 aliphatic rings. The SMILES string of the molecule is C=C(C)c1cnccc1CC. The number of aryl methyl sites for hydroxylation is 1. The fourth-order valence-corrected chi connectivity index (χ4v) is 1.12. The van der Waals surface area contributed by atoms with Crippen molar-refractivity contribution in [2.45, 2.75) is 20.3 Å². The van der Waals surface area contributed by atoms with Crippen LogP contribution >= 0.6 is 0 Å². The van der Waals surface area contributed by atoms with Crippen LogP contribution in [0.15, 0.2) is 25.0 Å². The van der Waals surface area contributed by atoms with E-state index in [1.807, 2.05) is 25.4 Å². The second kappa shape index (κ2) is 3.33. The van der Waals surface area contributed by atoms with E-state index < -0.39 is 0 Å². The maximum absolute atomic E-state index is 4.05. The Morgan fingerprint density at radius 2 is 2.36 bits per heavy atom. The van der Waals surface area contributed by atoms with E-state index in [9.17, 15) is 0 Å². The summed E-state index contributed by atoms with van der Waals surface area (Å²) in [5.74, 6) is 0. The highest BCUT2D eigenvalue weighted by Gasteiger charge is 1.98. The first-order chi connectivity index (χ1) is 5.25. The van der Waals surface area contributed by atoms with Gasteiger partial charge >= 0.3 is 0 Å². The van der Waals surface area contributed by atoms with Gasteiger partial charge in [0.1, 0.15) is 0 Å². The standard InChI is InChI=1S/C10H13N/c1-4-9-5-6-11-7-10(9)8(2)3/h5-7H,2,4H2,1,3H3. The van der Waals surface area contributed by atoms with E-state index in [1.165, 1.54) is 11.1 Å². The van der Waals surface area contributed by atoms with E-state index in [2.05, 4.69) is 18.5 Å². The summed E-state index contributed by atoms with van der Waals surface area (Å²) in [7, 11) is 0. The Balaban J connectivity index is 3.12. The molecule has 0 amide bonds. The van der Waals surface area contributed by atoms with Gasteiger partial charge in [-0.2, -0.15) is 0 Å². The predicted molar refractivity (Wildman–Crippen MR) is 48.3 cm³/mol. The summed E-state index contributed by atoms with van der Waals surface area (Å²) < 4.78 is 0. The molecular weight excluding hydrogens is 134 g/mol. The molecule has 0 unspecified atom stereocenters. The molecule has 0 aliphatic carbocycles. The van der Waals surface area contributed by atoms with Gasteiger partial charge in [-0.3, -0.25) is 4.98 Å². The second-order valence-corrected chi connectivity index (χ2v) is 2.67. The molecule has 0 fully saturated rings. The number of hydrogen-bond acceptors (Lipinski definition) is 1. The van der Waals surface area contributed by atoms with E-state index >= 15 is 0 Å². The third-order valence-electron chi connectivity index (χ3n) is 1.75. The van der Waals surface area contributed by atoms with E-state index in [-0.39, 0.29) is 0 Å². The van der Waals surface area contributed by atoms with Crippen LogP contribution in [0.5, 0.6) is 0 Å². The largest absolute Gasteiger partial charge is 0.264 e. The van der Waals surface area contributed by atoms with Crippen LogP contribution in [-0.2, 0) is 6.42 Å². The molecule has 1 aromatic heterocycles. The van der Waals surface area contributed by atoms with Crippen LogP contribution in [0.1, 0.15) is 25.0 Å². The molecule has 1 heteroatoms. The zero-order chi connectivity index (χ0) is 8.27. The van der Waals surface area contributed by atoms with Crippen molar-refractivity contribution in [3.05, 3.63) is 36.2 Å². The second-order valence-electron chi connectivity index (χ2n) is 2.67. The highest BCUT2D eigenvalue weighted by molar-refractivity contribution is 5.63. The van der Waals surface area contributed by atoms with Crippen molar-refractivity contribution in [1.82, 2.24) is 4.98 Å². The van der Waals surface area contributed by atoms with Gasteiger partial charge < -0.3 is 0 Å². The molecule has 0 atom stereocenters. The lowest BCUT2D eigenvalue weighted by atomic mass is 10.0. The van der Waals surface area contributed by atoms with Crippen molar-refractivity contribution in [3.8, 4) is 0 Å². The molecule has 0 bridgehead atoms. The van der Waals surface area contributed by atoms with E-state index in [1.54, 1.807) is 0 Å². The first-order valence-electron chi connectivity index (χ1n) is 3.84. The molecule has 0 spiro atoms. The molecule has 11 heavy (non-hydrogen) atoms. The number of pyridine rings is 1.